The van der Waals surface area contributed by atoms with E-state index < -0.39 is 0 Å². The molecule has 1 aromatic rings. The predicted molar refractivity (Wildman–Crippen MR) is 96.5 cm³/mol. The van der Waals surface area contributed by atoms with E-state index in [-0.39, 0.29) is 0 Å². The molecule has 1 unspecified atom stereocenters. The Morgan fingerprint density at radius 2 is 2.10 bits per heavy atom. The molecule has 0 aliphatic heterocycles. The molecule has 1 atom stereocenters. The summed E-state index contributed by atoms with van der Waals surface area (Å²) >= 11 is 2.08. The summed E-state index contributed by atoms with van der Waals surface area (Å²) in [6.07, 6.45) is 7.90. The van der Waals surface area contributed by atoms with Crippen LogP contribution in [0, 0.1) is 0 Å². The third kappa shape index (κ3) is 4.50. The number of rotatable bonds is 9. The number of fused-ring (bicyclic) bond motifs is 1. The molecule has 0 spiro atoms. The first-order chi connectivity index (χ1) is 10.3. The fourth-order valence-corrected chi connectivity index (χ4v) is 4.34. The van der Waals surface area contributed by atoms with E-state index in [0.29, 0.717) is 5.41 Å². The lowest BCUT2D eigenvalue weighted by molar-refractivity contribution is 0.314. The topological polar surface area (TPSA) is 12.0 Å². The van der Waals surface area contributed by atoms with Gasteiger partial charge in [-0.15, -0.1) is 0 Å². The molecule has 0 bridgehead atoms. The summed E-state index contributed by atoms with van der Waals surface area (Å²) in [6, 6.07) is 9.19. The Labute approximate surface area is 135 Å². The summed E-state index contributed by atoms with van der Waals surface area (Å²) in [7, 11) is 0. The summed E-state index contributed by atoms with van der Waals surface area (Å²) in [5.74, 6) is 2.56. The fraction of sp³-hybridized carbons (Fsp3) is 0.684. The van der Waals surface area contributed by atoms with Crippen molar-refractivity contribution in [3.8, 4) is 0 Å². The molecule has 0 heterocycles. The van der Waals surface area contributed by atoms with Crippen LogP contribution in [0.5, 0.6) is 0 Å². The van der Waals surface area contributed by atoms with E-state index in [1.54, 1.807) is 11.1 Å². The Balaban J connectivity index is 2.12. The molecular weight excluding hydrogens is 274 g/mol. The molecule has 1 nitrogen and oxygen atoms in total. The highest BCUT2D eigenvalue weighted by atomic mass is 32.2. The zero-order valence-corrected chi connectivity index (χ0v) is 14.6. The normalized spacial score (nSPS) is 21.2. The summed E-state index contributed by atoms with van der Waals surface area (Å²) in [5, 5.41) is 3.72. The van der Waals surface area contributed by atoms with Crippen LogP contribution < -0.4 is 5.32 Å². The second-order valence-corrected chi connectivity index (χ2v) is 7.66. The Hall–Kier alpha value is -0.470. The van der Waals surface area contributed by atoms with E-state index in [2.05, 4.69) is 55.2 Å². The number of nitrogens with one attached hydrogen (secondary N) is 1. The van der Waals surface area contributed by atoms with Gasteiger partial charge in [-0.3, -0.25) is 0 Å². The maximum Gasteiger partial charge on any atom is 0.00809 e. The molecule has 1 N–H and O–H groups in total. The highest BCUT2D eigenvalue weighted by molar-refractivity contribution is 7.99. The number of hydrogen-bond acceptors (Lipinski definition) is 2. The molecule has 1 aliphatic rings. The van der Waals surface area contributed by atoms with Crippen LogP contribution in [0.25, 0.3) is 0 Å². The van der Waals surface area contributed by atoms with Gasteiger partial charge in [-0.25, -0.2) is 0 Å². The van der Waals surface area contributed by atoms with E-state index in [1.807, 2.05) is 0 Å². The van der Waals surface area contributed by atoms with E-state index in [1.165, 1.54) is 50.0 Å². The smallest absolute Gasteiger partial charge is 0.00809 e. The molecule has 0 aromatic heterocycles. The Bertz CT molecular complexity index is 418. The molecule has 0 saturated heterocycles. The first-order valence-corrected chi connectivity index (χ1v) is 9.84. The van der Waals surface area contributed by atoms with E-state index in [0.717, 1.165) is 13.1 Å². The van der Waals surface area contributed by atoms with Gasteiger partial charge in [0.1, 0.15) is 0 Å². The molecule has 1 aromatic carbocycles. The lowest BCUT2D eigenvalue weighted by atomic mass is 9.67. The zero-order chi connectivity index (χ0) is 15.0. The quantitative estimate of drug-likeness (QED) is 0.658. The van der Waals surface area contributed by atoms with Gasteiger partial charge < -0.3 is 5.32 Å². The summed E-state index contributed by atoms with van der Waals surface area (Å²) in [5.41, 5.74) is 3.63. The van der Waals surface area contributed by atoms with E-state index in [9.17, 15) is 0 Å². The maximum atomic E-state index is 3.72. The second kappa shape index (κ2) is 8.85. The highest BCUT2D eigenvalue weighted by Gasteiger charge is 2.35. The van der Waals surface area contributed by atoms with Crippen LogP contribution in [-0.4, -0.2) is 24.6 Å². The van der Waals surface area contributed by atoms with Crippen molar-refractivity contribution >= 4 is 11.8 Å². The first-order valence-electron chi connectivity index (χ1n) is 8.69. The third-order valence-corrected chi connectivity index (χ3v) is 5.71. The molecule has 0 amide bonds. The molecule has 118 valence electrons. The lowest BCUT2D eigenvalue weighted by Crippen LogP contribution is -2.41. The van der Waals surface area contributed by atoms with Crippen molar-refractivity contribution in [3.63, 3.8) is 0 Å². The minimum atomic E-state index is 0.387. The van der Waals surface area contributed by atoms with Gasteiger partial charge >= 0.3 is 0 Å². The molecule has 0 fully saturated rings. The number of thioether (sulfide) groups is 1. The Morgan fingerprint density at radius 1 is 1.24 bits per heavy atom. The van der Waals surface area contributed by atoms with Crippen molar-refractivity contribution in [3.05, 3.63) is 35.4 Å². The summed E-state index contributed by atoms with van der Waals surface area (Å²) < 4.78 is 0. The van der Waals surface area contributed by atoms with Crippen molar-refractivity contribution in [2.75, 3.05) is 24.6 Å². The SMILES string of the molecule is CCCNCC1(CCCSCC)CCCc2ccccc21. The van der Waals surface area contributed by atoms with Gasteiger partial charge in [-0.1, -0.05) is 38.1 Å². The van der Waals surface area contributed by atoms with Crippen molar-refractivity contribution in [2.45, 2.75) is 57.8 Å². The van der Waals surface area contributed by atoms with Gasteiger partial charge in [0, 0.05) is 12.0 Å². The molecule has 2 heteroatoms. The molecule has 2 rings (SSSR count). The third-order valence-electron chi connectivity index (χ3n) is 4.73. The Kier molecular flexibility index (Phi) is 7.12. The number of hydrogen-bond donors (Lipinski definition) is 1. The van der Waals surface area contributed by atoms with Crippen molar-refractivity contribution in [2.24, 2.45) is 0 Å². The van der Waals surface area contributed by atoms with Crippen LogP contribution in [0.4, 0.5) is 0 Å². The van der Waals surface area contributed by atoms with Crippen molar-refractivity contribution in [1.29, 1.82) is 0 Å². The van der Waals surface area contributed by atoms with Crippen LogP contribution >= 0.6 is 11.8 Å². The average molecular weight is 306 g/mol. The van der Waals surface area contributed by atoms with Crippen molar-refractivity contribution in [1.82, 2.24) is 5.32 Å². The van der Waals surface area contributed by atoms with E-state index in [4.69, 9.17) is 0 Å². The van der Waals surface area contributed by atoms with Gasteiger partial charge in [-0.05, 0) is 67.7 Å². The van der Waals surface area contributed by atoms with Crippen LogP contribution in [0.2, 0.25) is 0 Å². The number of aryl methyl sites for hydroxylation is 1. The van der Waals surface area contributed by atoms with Gasteiger partial charge in [0.05, 0.1) is 0 Å². The van der Waals surface area contributed by atoms with Gasteiger partial charge in [-0.2, -0.15) is 11.8 Å². The molecular formula is C19H31NS. The van der Waals surface area contributed by atoms with Crippen LogP contribution in [0.3, 0.4) is 0 Å². The average Bonchev–Trinajstić information content (AvgIpc) is 2.52. The number of benzene rings is 1. The maximum absolute atomic E-state index is 3.72. The minimum absolute atomic E-state index is 0.387. The van der Waals surface area contributed by atoms with Crippen LogP contribution in [0.15, 0.2) is 24.3 Å². The van der Waals surface area contributed by atoms with Crippen LogP contribution in [-0.2, 0) is 11.8 Å². The largest absolute Gasteiger partial charge is 0.316 e. The monoisotopic (exact) mass is 305 g/mol. The Morgan fingerprint density at radius 3 is 2.90 bits per heavy atom. The minimum Gasteiger partial charge on any atom is -0.316 e. The molecule has 1 aliphatic carbocycles. The second-order valence-electron chi connectivity index (χ2n) is 6.27. The first kappa shape index (κ1) is 16.9. The van der Waals surface area contributed by atoms with Gasteiger partial charge in [0.15, 0.2) is 0 Å². The van der Waals surface area contributed by atoms with Crippen molar-refractivity contribution < 1.29 is 0 Å². The standard InChI is InChI=1S/C19H31NS/c1-3-14-20-16-19(13-8-15-21-4-2)12-7-10-17-9-5-6-11-18(17)19/h5-6,9,11,20H,3-4,7-8,10,12-16H2,1-2H3. The summed E-state index contributed by atoms with van der Waals surface area (Å²) in [6.45, 7) is 6.83. The highest BCUT2D eigenvalue weighted by Crippen LogP contribution is 2.40. The van der Waals surface area contributed by atoms with Crippen LogP contribution in [0.1, 0.15) is 57.1 Å². The van der Waals surface area contributed by atoms with E-state index >= 15 is 0 Å². The lowest BCUT2D eigenvalue weighted by Gasteiger charge is -2.40. The summed E-state index contributed by atoms with van der Waals surface area (Å²) in [4.78, 5) is 0. The predicted octanol–water partition coefficient (Wildman–Crippen LogP) is 4.79. The van der Waals surface area contributed by atoms with Gasteiger partial charge in [0.2, 0.25) is 0 Å². The molecule has 21 heavy (non-hydrogen) atoms. The fourth-order valence-electron chi connectivity index (χ4n) is 3.70. The molecule has 0 saturated carbocycles. The molecule has 0 radical (unpaired) electrons. The zero-order valence-electron chi connectivity index (χ0n) is 13.8. The van der Waals surface area contributed by atoms with Gasteiger partial charge in [0.25, 0.3) is 0 Å².